The largest absolute Gasteiger partial charge is 0.343 e. The molecule has 3 N–H and O–H groups in total. The number of aromatic nitrogens is 3. The zero-order valence-electron chi connectivity index (χ0n) is 11.2. The molecule has 1 saturated carbocycles. The number of hydrogen-bond donors (Lipinski definition) is 2. The standard InChI is InChI=1S/C13H24N4O/c1-2-3-8-17-12(15-16-13(17)18)11-6-4-10(9-14)5-7-11/h10-11H,2-9,14H2,1H3,(H,16,18). The van der Waals surface area contributed by atoms with Gasteiger partial charge in [-0.1, -0.05) is 13.3 Å². The summed E-state index contributed by atoms with van der Waals surface area (Å²) in [5, 5.41) is 6.84. The van der Waals surface area contributed by atoms with E-state index in [0.29, 0.717) is 11.8 Å². The summed E-state index contributed by atoms with van der Waals surface area (Å²) in [5.41, 5.74) is 5.65. The molecule has 5 heteroatoms. The molecular formula is C13H24N4O. The van der Waals surface area contributed by atoms with Crippen LogP contribution in [0.25, 0.3) is 0 Å². The highest BCUT2D eigenvalue weighted by atomic mass is 16.1. The van der Waals surface area contributed by atoms with Crippen molar-refractivity contribution in [3.05, 3.63) is 16.3 Å². The van der Waals surface area contributed by atoms with E-state index in [9.17, 15) is 4.79 Å². The molecule has 0 bridgehead atoms. The van der Waals surface area contributed by atoms with Crippen molar-refractivity contribution in [3.8, 4) is 0 Å². The van der Waals surface area contributed by atoms with E-state index in [1.165, 1.54) is 0 Å². The normalized spacial score (nSPS) is 24.3. The number of H-pyrrole nitrogens is 1. The molecule has 102 valence electrons. The van der Waals surface area contributed by atoms with Crippen LogP contribution in [0, 0.1) is 5.92 Å². The number of rotatable bonds is 5. The summed E-state index contributed by atoms with van der Waals surface area (Å²) in [6, 6.07) is 0. The van der Waals surface area contributed by atoms with Crippen LogP contribution in [0.4, 0.5) is 0 Å². The maximum atomic E-state index is 11.7. The summed E-state index contributed by atoms with van der Waals surface area (Å²) in [6.45, 7) is 3.71. The summed E-state index contributed by atoms with van der Waals surface area (Å²) in [7, 11) is 0. The Morgan fingerprint density at radius 2 is 2.11 bits per heavy atom. The smallest absolute Gasteiger partial charge is 0.330 e. The van der Waals surface area contributed by atoms with Gasteiger partial charge in [0.25, 0.3) is 0 Å². The van der Waals surface area contributed by atoms with Gasteiger partial charge in [0.05, 0.1) is 0 Å². The summed E-state index contributed by atoms with van der Waals surface area (Å²) in [5.74, 6) is 2.06. The molecule has 0 aliphatic heterocycles. The van der Waals surface area contributed by atoms with Gasteiger partial charge in [-0.2, -0.15) is 5.10 Å². The van der Waals surface area contributed by atoms with E-state index >= 15 is 0 Å². The van der Waals surface area contributed by atoms with Crippen LogP contribution >= 0.6 is 0 Å². The van der Waals surface area contributed by atoms with E-state index in [1.807, 2.05) is 4.57 Å². The monoisotopic (exact) mass is 252 g/mol. The number of nitrogens with zero attached hydrogens (tertiary/aromatic N) is 2. The minimum atomic E-state index is -0.0561. The third-order valence-electron chi connectivity index (χ3n) is 4.07. The minimum Gasteiger partial charge on any atom is -0.330 e. The van der Waals surface area contributed by atoms with Crippen LogP contribution in [-0.4, -0.2) is 21.3 Å². The number of aromatic amines is 1. The fraction of sp³-hybridized carbons (Fsp3) is 0.846. The van der Waals surface area contributed by atoms with Gasteiger partial charge in [0, 0.05) is 12.5 Å². The highest BCUT2D eigenvalue weighted by Gasteiger charge is 2.25. The molecule has 1 aliphatic rings. The molecule has 0 unspecified atom stereocenters. The first-order valence-electron chi connectivity index (χ1n) is 7.11. The van der Waals surface area contributed by atoms with Gasteiger partial charge < -0.3 is 5.73 Å². The van der Waals surface area contributed by atoms with Crippen LogP contribution in [0.1, 0.15) is 57.2 Å². The van der Waals surface area contributed by atoms with E-state index in [1.54, 1.807) is 0 Å². The van der Waals surface area contributed by atoms with Crippen molar-refractivity contribution in [2.24, 2.45) is 11.7 Å². The quantitative estimate of drug-likeness (QED) is 0.835. The second-order valence-electron chi connectivity index (χ2n) is 5.35. The molecule has 1 heterocycles. The Kier molecular flexibility index (Phi) is 4.58. The highest BCUT2D eigenvalue weighted by molar-refractivity contribution is 4.99. The van der Waals surface area contributed by atoms with Crippen molar-refractivity contribution in [2.75, 3.05) is 6.54 Å². The molecule has 2 rings (SSSR count). The Morgan fingerprint density at radius 3 is 2.72 bits per heavy atom. The molecule has 0 aromatic carbocycles. The first-order valence-corrected chi connectivity index (χ1v) is 7.11. The lowest BCUT2D eigenvalue weighted by Gasteiger charge is -2.27. The van der Waals surface area contributed by atoms with Crippen molar-refractivity contribution in [1.29, 1.82) is 0 Å². The lowest BCUT2D eigenvalue weighted by atomic mass is 9.81. The fourth-order valence-corrected chi connectivity index (χ4v) is 2.83. The molecule has 1 aliphatic carbocycles. The van der Waals surface area contributed by atoms with Crippen LogP contribution < -0.4 is 11.4 Å². The highest BCUT2D eigenvalue weighted by Crippen LogP contribution is 2.33. The molecule has 0 saturated heterocycles. The summed E-state index contributed by atoms with van der Waals surface area (Å²) >= 11 is 0. The number of unbranched alkanes of at least 4 members (excludes halogenated alkanes) is 1. The molecule has 1 aromatic rings. The van der Waals surface area contributed by atoms with Gasteiger partial charge in [-0.15, -0.1) is 0 Å². The molecule has 0 atom stereocenters. The molecule has 0 spiro atoms. The van der Waals surface area contributed by atoms with E-state index < -0.39 is 0 Å². The Hall–Kier alpha value is -1.10. The van der Waals surface area contributed by atoms with Crippen LogP contribution in [-0.2, 0) is 6.54 Å². The zero-order valence-corrected chi connectivity index (χ0v) is 11.2. The lowest BCUT2D eigenvalue weighted by Crippen LogP contribution is -2.24. The van der Waals surface area contributed by atoms with Crippen molar-refractivity contribution >= 4 is 0 Å². The molecule has 0 amide bonds. The van der Waals surface area contributed by atoms with Crippen molar-refractivity contribution < 1.29 is 0 Å². The van der Waals surface area contributed by atoms with E-state index in [0.717, 1.165) is 57.4 Å². The Labute approximate surface area is 108 Å². The first-order chi connectivity index (χ1) is 8.76. The third kappa shape index (κ3) is 2.83. The minimum absolute atomic E-state index is 0.0561. The molecule has 1 fully saturated rings. The molecular weight excluding hydrogens is 228 g/mol. The van der Waals surface area contributed by atoms with Crippen LogP contribution in [0.15, 0.2) is 4.79 Å². The van der Waals surface area contributed by atoms with Gasteiger partial charge in [0.1, 0.15) is 5.82 Å². The summed E-state index contributed by atoms with van der Waals surface area (Å²) < 4.78 is 1.83. The predicted octanol–water partition coefficient (Wildman–Crippen LogP) is 1.60. The van der Waals surface area contributed by atoms with Crippen molar-refractivity contribution in [1.82, 2.24) is 14.8 Å². The maximum Gasteiger partial charge on any atom is 0.343 e. The van der Waals surface area contributed by atoms with Gasteiger partial charge in [-0.3, -0.25) is 4.57 Å². The van der Waals surface area contributed by atoms with Crippen molar-refractivity contribution in [2.45, 2.75) is 57.9 Å². The topological polar surface area (TPSA) is 76.7 Å². The van der Waals surface area contributed by atoms with Crippen LogP contribution in [0.2, 0.25) is 0 Å². The average molecular weight is 252 g/mol. The van der Waals surface area contributed by atoms with Gasteiger partial charge in [-0.05, 0) is 44.6 Å². The van der Waals surface area contributed by atoms with Gasteiger partial charge >= 0.3 is 5.69 Å². The number of nitrogens with one attached hydrogen (secondary N) is 1. The Bertz CT molecular complexity index is 415. The average Bonchev–Trinajstić information content (AvgIpc) is 2.78. The molecule has 18 heavy (non-hydrogen) atoms. The third-order valence-corrected chi connectivity index (χ3v) is 4.07. The second-order valence-corrected chi connectivity index (χ2v) is 5.35. The van der Waals surface area contributed by atoms with E-state index in [2.05, 4.69) is 17.1 Å². The van der Waals surface area contributed by atoms with Gasteiger partial charge in [0.2, 0.25) is 0 Å². The number of hydrogen-bond acceptors (Lipinski definition) is 3. The Morgan fingerprint density at radius 1 is 1.39 bits per heavy atom. The summed E-state index contributed by atoms with van der Waals surface area (Å²) in [6.07, 6.45) is 6.67. The first kappa shape index (κ1) is 13.3. The fourth-order valence-electron chi connectivity index (χ4n) is 2.83. The molecule has 1 aromatic heterocycles. The van der Waals surface area contributed by atoms with Crippen molar-refractivity contribution in [3.63, 3.8) is 0 Å². The number of nitrogens with two attached hydrogens (primary N) is 1. The molecule has 0 radical (unpaired) electrons. The van der Waals surface area contributed by atoms with Crippen LogP contribution in [0.5, 0.6) is 0 Å². The Balaban J connectivity index is 2.07. The second kappa shape index (κ2) is 6.18. The van der Waals surface area contributed by atoms with Gasteiger partial charge in [-0.25, -0.2) is 9.89 Å². The van der Waals surface area contributed by atoms with E-state index in [-0.39, 0.29) is 5.69 Å². The molecule has 5 nitrogen and oxygen atoms in total. The van der Waals surface area contributed by atoms with Gasteiger partial charge in [0.15, 0.2) is 0 Å². The predicted molar refractivity (Wildman–Crippen MR) is 71.5 cm³/mol. The zero-order chi connectivity index (χ0) is 13.0. The van der Waals surface area contributed by atoms with Crippen LogP contribution in [0.3, 0.4) is 0 Å². The SMILES string of the molecule is CCCCn1c(C2CCC(CN)CC2)n[nH]c1=O. The maximum absolute atomic E-state index is 11.7. The lowest BCUT2D eigenvalue weighted by molar-refractivity contribution is 0.319. The van der Waals surface area contributed by atoms with E-state index in [4.69, 9.17) is 5.73 Å². The summed E-state index contributed by atoms with van der Waals surface area (Å²) in [4.78, 5) is 11.7.